The second kappa shape index (κ2) is 10.2. The first-order chi connectivity index (χ1) is 13.2. The van der Waals surface area contributed by atoms with Crippen LogP contribution < -0.4 is 10.6 Å². The van der Waals surface area contributed by atoms with Crippen LogP contribution in [0.15, 0.2) is 29.3 Å². The summed E-state index contributed by atoms with van der Waals surface area (Å²) in [6.07, 6.45) is 1.26. The predicted molar refractivity (Wildman–Crippen MR) is 114 cm³/mol. The van der Waals surface area contributed by atoms with Gasteiger partial charge in [0.2, 0.25) is 0 Å². The van der Waals surface area contributed by atoms with E-state index in [1.54, 1.807) is 13.8 Å². The van der Waals surface area contributed by atoms with E-state index in [0.717, 1.165) is 32.8 Å². The van der Waals surface area contributed by atoms with Crippen LogP contribution in [0.5, 0.6) is 0 Å². The van der Waals surface area contributed by atoms with E-state index >= 15 is 0 Å². The van der Waals surface area contributed by atoms with Crippen molar-refractivity contribution in [2.24, 2.45) is 4.99 Å². The number of hydrogen-bond acceptors (Lipinski definition) is 5. The zero-order chi connectivity index (χ0) is 20.6. The van der Waals surface area contributed by atoms with E-state index in [2.05, 4.69) is 38.7 Å². The van der Waals surface area contributed by atoms with E-state index < -0.39 is 14.6 Å². The van der Waals surface area contributed by atoms with Crippen molar-refractivity contribution in [3.05, 3.63) is 35.4 Å². The molecule has 0 bridgehead atoms. The maximum Gasteiger partial charge on any atom is 0.191 e. The van der Waals surface area contributed by atoms with Gasteiger partial charge >= 0.3 is 0 Å². The van der Waals surface area contributed by atoms with Crippen molar-refractivity contribution in [3.8, 4) is 0 Å². The standard InChI is InChI=1S/C20H34N4O3S/c1-5-21-19(23-16-20(2,3)28(4,25)26)22-14-17-8-6-7-9-18(17)15-24-10-12-27-13-11-24/h6-9H,5,10-16H2,1-4H3,(H2,21,22,23). The molecule has 1 aliphatic rings. The third kappa shape index (κ3) is 6.76. The third-order valence-corrected chi connectivity index (χ3v) is 7.20. The molecule has 0 unspecified atom stereocenters. The van der Waals surface area contributed by atoms with Gasteiger partial charge < -0.3 is 15.4 Å². The van der Waals surface area contributed by atoms with Gasteiger partial charge in [0.15, 0.2) is 15.8 Å². The zero-order valence-corrected chi connectivity index (χ0v) is 18.3. The first kappa shape index (κ1) is 22.6. The van der Waals surface area contributed by atoms with Crippen LogP contribution in [0, 0.1) is 0 Å². The molecule has 158 valence electrons. The summed E-state index contributed by atoms with van der Waals surface area (Å²) in [6.45, 7) is 11.3. The molecule has 1 heterocycles. The smallest absolute Gasteiger partial charge is 0.191 e. The molecule has 2 rings (SSSR count). The Morgan fingerprint density at radius 1 is 1.18 bits per heavy atom. The zero-order valence-electron chi connectivity index (χ0n) is 17.5. The largest absolute Gasteiger partial charge is 0.379 e. The lowest BCUT2D eigenvalue weighted by Gasteiger charge is -2.27. The molecule has 0 radical (unpaired) electrons. The summed E-state index contributed by atoms with van der Waals surface area (Å²) in [4.78, 5) is 7.07. The molecule has 1 aliphatic heterocycles. The van der Waals surface area contributed by atoms with Crippen LogP contribution in [0.1, 0.15) is 31.9 Å². The summed E-state index contributed by atoms with van der Waals surface area (Å²) in [5.74, 6) is 0.625. The molecule has 1 fully saturated rings. The summed E-state index contributed by atoms with van der Waals surface area (Å²) in [7, 11) is -3.16. The average Bonchev–Trinajstić information content (AvgIpc) is 2.65. The van der Waals surface area contributed by atoms with Crippen LogP contribution in [-0.2, 0) is 27.7 Å². The van der Waals surface area contributed by atoms with Gasteiger partial charge in [-0.1, -0.05) is 24.3 Å². The van der Waals surface area contributed by atoms with Gasteiger partial charge in [0.05, 0.1) is 24.5 Å². The van der Waals surface area contributed by atoms with E-state index in [-0.39, 0.29) is 0 Å². The van der Waals surface area contributed by atoms with E-state index in [9.17, 15) is 8.42 Å². The molecule has 28 heavy (non-hydrogen) atoms. The van der Waals surface area contributed by atoms with E-state index in [1.165, 1.54) is 17.4 Å². The van der Waals surface area contributed by atoms with Gasteiger partial charge in [0.25, 0.3) is 0 Å². The predicted octanol–water partition coefficient (Wildman–Crippen LogP) is 1.40. The normalized spacial score (nSPS) is 16.8. The van der Waals surface area contributed by atoms with Crippen molar-refractivity contribution < 1.29 is 13.2 Å². The molecule has 0 saturated carbocycles. The second-order valence-corrected chi connectivity index (χ2v) is 10.4. The lowest BCUT2D eigenvalue weighted by molar-refractivity contribution is 0.0341. The fourth-order valence-corrected chi connectivity index (χ4v) is 3.13. The van der Waals surface area contributed by atoms with Crippen LogP contribution in [0.25, 0.3) is 0 Å². The fourth-order valence-electron chi connectivity index (χ4n) is 2.80. The first-order valence-electron chi connectivity index (χ1n) is 9.81. The molecule has 0 aromatic heterocycles. The molecule has 0 spiro atoms. The minimum Gasteiger partial charge on any atom is -0.379 e. The van der Waals surface area contributed by atoms with Crippen LogP contribution in [-0.4, -0.2) is 69.7 Å². The minimum atomic E-state index is -3.16. The Hall–Kier alpha value is -1.64. The SMILES string of the molecule is CCNC(=NCc1ccccc1CN1CCOCC1)NCC(C)(C)S(C)(=O)=O. The third-order valence-electron chi connectivity index (χ3n) is 5.05. The number of nitrogens with one attached hydrogen (secondary N) is 2. The second-order valence-electron chi connectivity index (χ2n) is 7.74. The Labute approximate surface area is 169 Å². The van der Waals surface area contributed by atoms with Crippen molar-refractivity contribution in [2.75, 3.05) is 45.6 Å². The molecular formula is C20H34N4O3S. The summed E-state index contributed by atoms with van der Waals surface area (Å²) in [6, 6.07) is 8.33. The summed E-state index contributed by atoms with van der Waals surface area (Å²) < 4.78 is 28.4. The first-order valence-corrected chi connectivity index (χ1v) is 11.7. The van der Waals surface area contributed by atoms with Crippen molar-refractivity contribution >= 4 is 15.8 Å². The van der Waals surface area contributed by atoms with Crippen LogP contribution in [0.3, 0.4) is 0 Å². The highest BCUT2D eigenvalue weighted by Gasteiger charge is 2.30. The highest BCUT2D eigenvalue weighted by atomic mass is 32.2. The Morgan fingerprint density at radius 2 is 1.82 bits per heavy atom. The van der Waals surface area contributed by atoms with Gasteiger partial charge in [0.1, 0.15) is 0 Å². The molecule has 0 atom stereocenters. The number of benzene rings is 1. The summed E-state index contributed by atoms with van der Waals surface area (Å²) >= 11 is 0. The van der Waals surface area contributed by atoms with Crippen molar-refractivity contribution in [1.29, 1.82) is 0 Å². The Balaban J connectivity index is 2.05. The average molecular weight is 411 g/mol. The van der Waals surface area contributed by atoms with Gasteiger partial charge in [-0.3, -0.25) is 4.90 Å². The van der Waals surface area contributed by atoms with E-state index in [0.29, 0.717) is 25.6 Å². The number of hydrogen-bond donors (Lipinski definition) is 2. The number of rotatable bonds is 8. The number of aliphatic imine (C=N–C) groups is 1. The topological polar surface area (TPSA) is 83.0 Å². The molecule has 2 N–H and O–H groups in total. The number of sulfone groups is 1. The van der Waals surface area contributed by atoms with Crippen molar-refractivity contribution in [1.82, 2.24) is 15.5 Å². The molecule has 8 heteroatoms. The highest BCUT2D eigenvalue weighted by Crippen LogP contribution is 2.15. The molecule has 1 aromatic carbocycles. The highest BCUT2D eigenvalue weighted by molar-refractivity contribution is 7.92. The molecule has 7 nitrogen and oxygen atoms in total. The number of ether oxygens (including phenoxy) is 1. The van der Waals surface area contributed by atoms with Crippen LogP contribution in [0.2, 0.25) is 0 Å². The number of nitrogens with zero attached hydrogens (tertiary/aromatic N) is 2. The lowest BCUT2D eigenvalue weighted by Crippen LogP contribution is -2.47. The van der Waals surface area contributed by atoms with Gasteiger partial charge in [-0.25, -0.2) is 13.4 Å². The van der Waals surface area contributed by atoms with Gasteiger partial charge in [-0.15, -0.1) is 0 Å². The Morgan fingerprint density at radius 3 is 2.43 bits per heavy atom. The summed E-state index contributed by atoms with van der Waals surface area (Å²) in [5, 5.41) is 6.37. The molecule has 0 aliphatic carbocycles. The van der Waals surface area contributed by atoms with Gasteiger partial charge in [0, 0.05) is 39.0 Å². The molecule has 1 aromatic rings. The quantitative estimate of drug-likeness (QED) is 0.498. The fraction of sp³-hybridized carbons (Fsp3) is 0.650. The summed E-state index contributed by atoms with van der Waals surface area (Å²) in [5.41, 5.74) is 2.44. The van der Waals surface area contributed by atoms with Crippen molar-refractivity contribution in [2.45, 2.75) is 38.6 Å². The Bertz CT molecular complexity index is 756. The Kier molecular flexibility index (Phi) is 8.27. The molecule has 0 amide bonds. The maximum absolute atomic E-state index is 11.9. The lowest BCUT2D eigenvalue weighted by atomic mass is 10.1. The van der Waals surface area contributed by atoms with Gasteiger partial charge in [-0.2, -0.15) is 0 Å². The van der Waals surface area contributed by atoms with Crippen molar-refractivity contribution in [3.63, 3.8) is 0 Å². The number of guanidine groups is 1. The number of morpholine rings is 1. The van der Waals surface area contributed by atoms with Gasteiger partial charge in [-0.05, 0) is 31.9 Å². The minimum absolute atomic E-state index is 0.299. The molecule has 1 saturated heterocycles. The monoisotopic (exact) mass is 410 g/mol. The molecular weight excluding hydrogens is 376 g/mol. The maximum atomic E-state index is 11.9. The van der Waals surface area contributed by atoms with E-state index in [1.807, 2.05) is 13.0 Å². The van der Waals surface area contributed by atoms with E-state index in [4.69, 9.17) is 4.74 Å². The van der Waals surface area contributed by atoms with Crippen LogP contribution >= 0.6 is 0 Å². The van der Waals surface area contributed by atoms with Crippen LogP contribution in [0.4, 0.5) is 0 Å².